The number of sulfonamides is 1. The highest BCUT2D eigenvalue weighted by atomic mass is 32.2. The predicted octanol–water partition coefficient (Wildman–Crippen LogP) is 1.92. The van der Waals surface area contributed by atoms with Crippen molar-refractivity contribution in [1.82, 2.24) is 4.72 Å². The molecule has 7 heteroatoms. The molecule has 0 saturated carbocycles. The zero-order valence-corrected chi connectivity index (χ0v) is 13.6. The van der Waals surface area contributed by atoms with Crippen LogP contribution in [0.3, 0.4) is 0 Å². The summed E-state index contributed by atoms with van der Waals surface area (Å²) in [6.07, 6.45) is 0.875. The molecule has 1 aliphatic heterocycles. The summed E-state index contributed by atoms with van der Waals surface area (Å²) in [6, 6.07) is 13.5. The molecule has 1 amide bonds. The summed E-state index contributed by atoms with van der Waals surface area (Å²) in [5, 5.41) is 11.6. The fourth-order valence-electron chi connectivity index (χ4n) is 2.54. The van der Waals surface area contributed by atoms with Crippen molar-refractivity contribution >= 4 is 21.6 Å². The second-order valence-electron chi connectivity index (χ2n) is 5.50. The van der Waals surface area contributed by atoms with Crippen molar-refractivity contribution in [2.24, 2.45) is 0 Å². The molecule has 0 aliphatic carbocycles. The molecule has 0 radical (unpaired) electrons. The fourth-order valence-corrected chi connectivity index (χ4v) is 3.61. The first-order valence-electron chi connectivity index (χ1n) is 7.39. The van der Waals surface area contributed by atoms with E-state index in [1.165, 1.54) is 6.07 Å². The van der Waals surface area contributed by atoms with E-state index >= 15 is 0 Å². The highest BCUT2D eigenvalue weighted by Crippen LogP contribution is 2.25. The standard InChI is InChI=1S/C17H15N3O3S/c18-10-12-2-1-3-13(8-12)11-19-24(22,23)15-5-6-16-14(9-15)4-7-17(21)20-16/h1-3,5-6,8-9,19H,4,7,11H2,(H,20,21). The van der Waals surface area contributed by atoms with Crippen LogP contribution < -0.4 is 10.0 Å². The van der Waals surface area contributed by atoms with E-state index in [0.717, 1.165) is 5.56 Å². The molecule has 2 aromatic carbocycles. The van der Waals surface area contributed by atoms with Crippen molar-refractivity contribution < 1.29 is 13.2 Å². The Morgan fingerprint density at radius 3 is 2.79 bits per heavy atom. The molecule has 0 fully saturated rings. The fraction of sp³-hybridized carbons (Fsp3) is 0.176. The van der Waals surface area contributed by atoms with Crippen LogP contribution in [0.2, 0.25) is 0 Å². The lowest BCUT2D eigenvalue weighted by Crippen LogP contribution is -2.24. The van der Waals surface area contributed by atoms with Crippen LogP contribution in [0.25, 0.3) is 0 Å². The van der Waals surface area contributed by atoms with Crippen LogP contribution in [0.4, 0.5) is 5.69 Å². The van der Waals surface area contributed by atoms with E-state index in [2.05, 4.69) is 10.0 Å². The lowest BCUT2D eigenvalue weighted by atomic mass is 10.0. The second-order valence-corrected chi connectivity index (χ2v) is 7.27. The van der Waals surface area contributed by atoms with Gasteiger partial charge in [0.15, 0.2) is 0 Å². The minimum absolute atomic E-state index is 0.0615. The number of nitrogens with one attached hydrogen (secondary N) is 2. The van der Waals surface area contributed by atoms with Gasteiger partial charge in [0, 0.05) is 18.7 Å². The maximum absolute atomic E-state index is 12.4. The van der Waals surface area contributed by atoms with Crippen LogP contribution in [0, 0.1) is 11.3 Å². The van der Waals surface area contributed by atoms with Crippen molar-refractivity contribution in [2.75, 3.05) is 5.32 Å². The number of rotatable bonds is 4. The Balaban J connectivity index is 1.78. The molecule has 6 nitrogen and oxygen atoms in total. The van der Waals surface area contributed by atoms with Gasteiger partial charge in [-0.25, -0.2) is 13.1 Å². The van der Waals surface area contributed by atoms with Crippen LogP contribution >= 0.6 is 0 Å². The van der Waals surface area contributed by atoms with Crippen LogP contribution in [0.15, 0.2) is 47.4 Å². The van der Waals surface area contributed by atoms with E-state index < -0.39 is 10.0 Å². The van der Waals surface area contributed by atoms with Gasteiger partial charge in [0.25, 0.3) is 0 Å². The molecular formula is C17H15N3O3S. The molecule has 0 aromatic heterocycles. The Kier molecular flexibility index (Phi) is 4.34. The van der Waals surface area contributed by atoms with Gasteiger partial charge in [0.2, 0.25) is 15.9 Å². The number of fused-ring (bicyclic) bond motifs is 1. The number of anilines is 1. The van der Waals surface area contributed by atoms with Gasteiger partial charge in [-0.05, 0) is 47.9 Å². The third-order valence-electron chi connectivity index (χ3n) is 3.80. The molecule has 1 heterocycles. The SMILES string of the molecule is N#Cc1cccc(CNS(=O)(=O)c2ccc3c(c2)CCC(=O)N3)c1. The first-order chi connectivity index (χ1) is 11.5. The molecule has 0 spiro atoms. The maximum atomic E-state index is 12.4. The zero-order chi connectivity index (χ0) is 17.2. The Hall–Kier alpha value is -2.69. The number of benzene rings is 2. The quantitative estimate of drug-likeness (QED) is 0.887. The Labute approximate surface area is 140 Å². The van der Waals surface area contributed by atoms with Crippen molar-refractivity contribution in [2.45, 2.75) is 24.3 Å². The molecule has 2 aromatic rings. The summed E-state index contributed by atoms with van der Waals surface area (Å²) in [6.45, 7) is 0.103. The largest absolute Gasteiger partial charge is 0.326 e. The number of hydrogen-bond acceptors (Lipinski definition) is 4. The monoisotopic (exact) mass is 341 g/mol. The number of nitriles is 1. The van der Waals surface area contributed by atoms with Gasteiger partial charge in [-0.3, -0.25) is 4.79 Å². The van der Waals surface area contributed by atoms with Crippen molar-refractivity contribution in [3.8, 4) is 6.07 Å². The molecule has 122 valence electrons. The molecule has 0 unspecified atom stereocenters. The first-order valence-corrected chi connectivity index (χ1v) is 8.88. The number of amides is 1. The molecule has 0 atom stereocenters. The van der Waals surface area contributed by atoms with Crippen LogP contribution in [0.1, 0.15) is 23.1 Å². The Bertz CT molecular complexity index is 946. The summed E-state index contributed by atoms with van der Waals surface area (Å²) in [7, 11) is -3.67. The zero-order valence-electron chi connectivity index (χ0n) is 12.7. The van der Waals surface area contributed by atoms with E-state index in [1.54, 1.807) is 36.4 Å². The third-order valence-corrected chi connectivity index (χ3v) is 5.20. The maximum Gasteiger partial charge on any atom is 0.240 e. The smallest absolute Gasteiger partial charge is 0.240 e. The van der Waals surface area contributed by atoms with Crippen LogP contribution in [0.5, 0.6) is 0 Å². The third kappa shape index (κ3) is 3.45. The highest BCUT2D eigenvalue weighted by Gasteiger charge is 2.19. The Morgan fingerprint density at radius 1 is 1.17 bits per heavy atom. The number of hydrogen-bond donors (Lipinski definition) is 2. The molecule has 0 bridgehead atoms. The average Bonchev–Trinajstić information content (AvgIpc) is 2.59. The lowest BCUT2D eigenvalue weighted by molar-refractivity contribution is -0.116. The van der Waals surface area contributed by atoms with Crippen molar-refractivity contribution in [1.29, 1.82) is 5.26 Å². The molecule has 2 N–H and O–H groups in total. The van der Waals surface area contributed by atoms with Gasteiger partial charge in [0.1, 0.15) is 0 Å². The van der Waals surface area contributed by atoms with Crippen LogP contribution in [-0.4, -0.2) is 14.3 Å². The number of aryl methyl sites for hydroxylation is 1. The predicted molar refractivity (Wildman–Crippen MR) is 88.6 cm³/mol. The normalized spacial score (nSPS) is 13.7. The van der Waals surface area contributed by atoms with E-state index in [4.69, 9.17) is 5.26 Å². The van der Waals surface area contributed by atoms with Gasteiger partial charge in [0.05, 0.1) is 16.5 Å². The van der Waals surface area contributed by atoms with Gasteiger partial charge in [-0.2, -0.15) is 5.26 Å². The highest BCUT2D eigenvalue weighted by molar-refractivity contribution is 7.89. The van der Waals surface area contributed by atoms with Crippen LogP contribution in [-0.2, 0) is 27.8 Å². The number of nitrogens with zero attached hydrogens (tertiary/aromatic N) is 1. The summed E-state index contributed by atoms with van der Waals surface area (Å²) >= 11 is 0. The minimum Gasteiger partial charge on any atom is -0.326 e. The summed E-state index contributed by atoms with van der Waals surface area (Å²) in [4.78, 5) is 11.5. The van der Waals surface area contributed by atoms with Gasteiger partial charge >= 0.3 is 0 Å². The van der Waals surface area contributed by atoms with Gasteiger partial charge < -0.3 is 5.32 Å². The van der Waals surface area contributed by atoms with E-state index in [9.17, 15) is 13.2 Å². The van der Waals surface area contributed by atoms with Crippen molar-refractivity contribution in [3.05, 3.63) is 59.2 Å². The van der Waals surface area contributed by atoms with Crippen molar-refractivity contribution in [3.63, 3.8) is 0 Å². The lowest BCUT2D eigenvalue weighted by Gasteiger charge is -2.17. The molecule has 3 rings (SSSR count). The van der Waals surface area contributed by atoms with Gasteiger partial charge in [-0.1, -0.05) is 12.1 Å². The van der Waals surface area contributed by atoms with Gasteiger partial charge in [-0.15, -0.1) is 0 Å². The average molecular weight is 341 g/mol. The first kappa shape index (κ1) is 16.2. The molecule has 24 heavy (non-hydrogen) atoms. The van der Waals surface area contributed by atoms with E-state index in [1.807, 2.05) is 6.07 Å². The molecule has 0 saturated heterocycles. The Morgan fingerprint density at radius 2 is 2.00 bits per heavy atom. The molecule has 1 aliphatic rings. The molecular weight excluding hydrogens is 326 g/mol. The van der Waals surface area contributed by atoms with E-state index in [-0.39, 0.29) is 17.3 Å². The summed E-state index contributed by atoms with van der Waals surface area (Å²) in [5.74, 6) is -0.0615. The summed E-state index contributed by atoms with van der Waals surface area (Å²) in [5.41, 5.74) is 2.66. The number of carbonyl (C=O) groups is 1. The number of carbonyl (C=O) groups excluding carboxylic acids is 1. The topological polar surface area (TPSA) is 99.1 Å². The minimum atomic E-state index is -3.67. The van der Waals surface area contributed by atoms with E-state index in [0.29, 0.717) is 29.7 Å². The second kappa shape index (κ2) is 6.43. The summed E-state index contributed by atoms with van der Waals surface area (Å²) < 4.78 is 27.4.